The maximum absolute atomic E-state index is 11.2. The highest BCUT2D eigenvalue weighted by Gasteiger charge is 2.23. The van der Waals surface area contributed by atoms with Crippen molar-refractivity contribution < 1.29 is 14.6 Å². The summed E-state index contributed by atoms with van der Waals surface area (Å²) in [6, 6.07) is 0.146. The van der Waals surface area contributed by atoms with Gasteiger partial charge in [-0.1, -0.05) is 6.42 Å². The molecule has 1 aliphatic rings. The minimum Gasteiger partial charge on any atom is -0.465 e. The van der Waals surface area contributed by atoms with Gasteiger partial charge in [-0.2, -0.15) is 0 Å². The number of hydrogen-bond acceptors (Lipinski definition) is 4. The lowest BCUT2D eigenvalue weighted by Crippen LogP contribution is -2.44. The van der Waals surface area contributed by atoms with Crippen LogP contribution in [0.15, 0.2) is 0 Å². The lowest BCUT2D eigenvalue weighted by molar-refractivity contribution is -0.145. The van der Waals surface area contributed by atoms with Gasteiger partial charge in [0.2, 0.25) is 0 Å². The quantitative estimate of drug-likeness (QED) is 0.669. The van der Waals surface area contributed by atoms with Crippen molar-refractivity contribution >= 4 is 5.97 Å². The molecule has 82 valence electrons. The standard InChI is InChI=1S/C10H19NO3/c1-2-14-10(13)7-11-6-4-3-5-9(11)8-12/h9,12H,2-8H2,1H3/t9-/m1/s1. The van der Waals surface area contributed by atoms with Gasteiger partial charge in [0.25, 0.3) is 0 Å². The number of piperidine rings is 1. The molecule has 1 aliphatic heterocycles. The van der Waals surface area contributed by atoms with Crippen molar-refractivity contribution in [3.05, 3.63) is 0 Å². The SMILES string of the molecule is CCOC(=O)CN1CCCC[C@@H]1CO. The van der Waals surface area contributed by atoms with E-state index in [-0.39, 0.29) is 18.6 Å². The topological polar surface area (TPSA) is 49.8 Å². The van der Waals surface area contributed by atoms with Crippen LogP contribution in [0.25, 0.3) is 0 Å². The number of aliphatic hydroxyl groups excluding tert-OH is 1. The Hall–Kier alpha value is -0.610. The molecule has 1 fully saturated rings. The molecule has 0 aliphatic carbocycles. The maximum atomic E-state index is 11.2. The van der Waals surface area contributed by atoms with Gasteiger partial charge in [-0.15, -0.1) is 0 Å². The molecule has 4 nitrogen and oxygen atoms in total. The fourth-order valence-corrected chi connectivity index (χ4v) is 1.85. The highest BCUT2D eigenvalue weighted by molar-refractivity contribution is 5.71. The van der Waals surface area contributed by atoms with Crippen LogP contribution in [-0.4, -0.2) is 48.3 Å². The largest absolute Gasteiger partial charge is 0.465 e. The Morgan fingerprint density at radius 3 is 3.00 bits per heavy atom. The third-order valence-corrected chi connectivity index (χ3v) is 2.60. The molecular formula is C10H19NO3. The number of rotatable bonds is 4. The van der Waals surface area contributed by atoms with Crippen LogP contribution in [0.3, 0.4) is 0 Å². The average molecular weight is 201 g/mol. The first-order valence-electron chi connectivity index (χ1n) is 5.28. The summed E-state index contributed by atoms with van der Waals surface area (Å²) in [4.78, 5) is 13.2. The number of esters is 1. The molecule has 14 heavy (non-hydrogen) atoms. The van der Waals surface area contributed by atoms with E-state index in [0.29, 0.717) is 13.2 Å². The number of carbonyl (C=O) groups is 1. The number of carbonyl (C=O) groups excluding carboxylic acids is 1. The van der Waals surface area contributed by atoms with Crippen LogP contribution < -0.4 is 0 Å². The van der Waals surface area contributed by atoms with Gasteiger partial charge in [0.1, 0.15) is 0 Å². The van der Waals surface area contributed by atoms with Gasteiger partial charge in [-0.25, -0.2) is 0 Å². The van der Waals surface area contributed by atoms with Crippen LogP contribution in [0, 0.1) is 0 Å². The second kappa shape index (κ2) is 5.98. The minimum atomic E-state index is -0.187. The van der Waals surface area contributed by atoms with Crippen molar-refractivity contribution in [2.75, 3.05) is 26.3 Å². The van der Waals surface area contributed by atoms with Crippen molar-refractivity contribution in [3.63, 3.8) is 0 Å². The summed E-state index contributed by atoms with van der Waals surface area (Å²) in [5.41, 5.74) is 0. The van der Waals surface area contributed by atoms with E-state index in [1.165, 1.54) is 0 Å². The molecule has 4 heteroatoms. The number of likely N-dealkylation sites (tertiary alicyclic amines) is 1. The first-order chi connectivity index (χ1) is 6.77. The predicted molar refractivity (Wildman–Crippen MR) is 52.9 cm³/mol. The summed E-state index contributed by atoms with van der Waals surface area (Å²) in [6.07, 6.45) is 3.23. The second-order valence-corrected chi connectivity index (χ2v) is 3.61. The van der Waals surface area contributed by atoms with Crippen molar-refractivity contribution in [1.29, 1.82) is 0 Å². The average Bonchev–Trinajstić information content (AvgIpc) is 2.19. The molecular weight excluding hydrogens is 182 g/mol. The second-order valence-electron chi connectivity index (χ2n) is 3.61. The van der Waals surface area contributed by atoms with E-state index >= 15 is 0 Å². The zero-order valence-electron chi connectivity index (χ0n) is 8.74. The number of aliphatic hydroxyl groups is 1. The monoisotopic (exact) mass is 201 g/mol. The van der Waals surface area contributed by atoms with Crippen LogP contribution >= 0.6 is 0 Å². The summed E-state index contributed by atoms with van der Waals surface area (Å²) in [7, 11) is 0. The van der Waals surface area contributed by atoms with E-state index in [2.05, 4.69) is 0 Å². The molecule has 0 spiro atoms. The van der Waals surface area contributed by atoms with Crippen LogP contribution in [-0.2, 0) is 9.53 Å². The summed E-state index contributed by atoms with van der Waals surface area (Å²) in [6.45, 7) is 3.58. The molecule has 1 atom stereocenters. The molecule has 0 radical (unpaired) electrons. The highest BCUT2D eigenvalue weighted by Crippen LogP contribution is 2.15. The first-order valence-corrected chi connectivity index (χ1v) is 5.28. The van der Waals surface area contributed by atoms with Crippen molar-refractivity contribution in [2.24, 2.45) is 0 Å². The molecule has 1 rings (SSSR count). The molecule has 1 N–H and O–H groups in total. The van der Waals surface area contributed by atoms with E-state index in [4.69, 9.17) is 9.84 Å². The van der Waals surface area contributed by atoms with Gasteiger partial charge in [-0.3, -0.25) is 9.69 Å². The summed E-state index contributed by atoms with van der Waals surface area (Å²) in [5.74, 6) is -0.187. The molecule has 0 amide bonds. The van der Waals surface area contributed by atoms with Gasteiger partial charge < -0.3 is 9.84 Å². The first kappa shape index (κ1) is 11.5. The maximum Gasteiger partial charge on any atom is 0.320 e. The van der Waals surface area contributed by atoms with Crippen LogP contribution in [0.4, 0.5) is 0 Å². The number of nitrogens with zero attached hydrogens (tertiary/aromatic N) is 1. The Morgan fingerprint density at radius 1 is 1.57 bits per heavy atom. The smallest absolute Gasteiger partial charge is 0.320 e. The molecule has 0 bridgehead atoms. The van der Waals surface area contributed by atoms with Crippen LogP contribution in [0.1, 0.15) is 26.2 Å². The van der Waals surface area contributed by atoms with Gasteiger partial charge >= 0.3 is 5.97 Å². The Morgan fingerprint density at radius 2 is 2.36 bits per heavy atom. The van der Waals surface area contributed by atoms with Gasteiger partial charge in [0, 0.05) is 6.04 Å². The highest BCUT2D eigenvalue weighted by atomic mass is 16.5. The fraction of sp³-hybridized carbons (Fsp3) is 0.900. The molecule has 0 aromatic heterocycles. The van der Waals surface area contributed by atoms with Crippen molar-refractivity contribution in [2.45, 2.75) is 32.2 Å². The van der Waals surface area contributed by atoms with Gasteiger partial charge in [-0.05, 0) is 26.3 Å². The zero-order chi connectivity index (χ0) is 10.4. The van der Waals surface area contributed by atoms with Crippen LogP contribution in [0.2, 0.25) is 0 Å². The van der Waals surface area contributed by atoms with Crippen molar-refractivity contribution in [3.8, 4) is 0 Å². The summed E-state index contributed by atoms with van der Waals surface area (Å²) < 4.78 is 4.88. The molecule has 0 aromatic rings. The Kier molecular flexibility index (Phi) is 4.90. The lowest BCUT2D eigenvalue weighted by atomic mass is 10.0. The predicted octanol–water partition coefficient (Wildman–Crippen LogP) is 0.396. The number of hydrogen-bond donors (Lipinski definition) is 1. The number of ether oxygens (including phenoxy) is 1. The van der Waals surface area contributed by atoms with E-state index in [1.54, 1.807) is 6.92 Å². The van der Waals surface area contributed by atoms with E-state index in [1.807, 2.05) is 4.90 Å². The normalized spacial score (nSPS) is 23.4. The molecule has 0 saturated carbocycles. The van der Waals surface area contributed by atoms with E-state index < -0.39 is 0 Å². The summed E-state index contributed by atoms with van der Waals surface area (Å²) in [5, 5.41) is 9.11. The third kappa shape index (κ3) is 3.27. The fourth-order valence-electron chi connectivity index (χ4n) is 1.85. The van der Waals surface area contributed by atoms with E-state index in [9.17, 15) is 4.79 Å². The molecule has 1 heterocycles. The minimum absolute atomic E-state index is 0.138. The lowest BCUT2D eigenvalue weighted by Gasteiger charge is -2.33. The van der Waals surface area contributed by atoms with Crippen molar-refractivity contribution in [1.82, 2.24) is 4.90 Å². The van der Waals surface area contributed by atoms with E-state index in [0.717, 1.165) is 25.8 Å². The Labute approximate surface area is 84.8 Å². The van der Waals surface area contributed by atoms with Gasteiger partial charge in [0.05, 0.1) is 19.8 Å². The molecule has 1 saturated heterocycles. The third-order valence-electron chi connectivity index (χ3n) is 2.60. The molecule has 0 unspecified atom stereocenters. The van der Waals surface area contributed by atoms with Gasteiger partial charge in [0.15, 0.2) is 0 Å². The summed E-state index contributed by atoms with van der Waals surface area (Å²) >= 11 is 0. The Balaban J connectivity index is 2.36. The molecule has 0 aromatic carbocycles. The Bertz CT molecular complexity index is 184. The zero-order valence-corrected chi connectivity index (χ0v) is 8.74. The van der Waals surface area contributed by atoms with Crippen LogP contribution in [0.5, 0.6) is 0 Å².